The summed E-state index contributed by atoms with van der Waals surface area (Å²) < 4.78 is 0. The van der Waals surface area contributed by atoms with Gasteiger partial charge in [-0.2, -0.15) is 0 Å². The third kappa shape index (κ3) is 18.5. The van der Waals surface area contributed by atoms with Crippen molar-refractivity contribution in [2.24, 2.45) is 0 Å². The number of aliphatic carboxylic acids is 2. The molecule has 0 saturated carbocycles. The van der Waals surface area contributed by atoms with Crippen molar-refractivity contribution in [2.45, 2.75) is 26.1 Å². The number of carboxylic acids is 2. The van der Waals surface area contributed by atoms with Gasteiger partial charge in [0.25, 0.3) is 0 Å². The summed E-state index contributed by atoms with van der Waals surface area (Å²) in [6.07, 6.45) is -2.69. The molecule has 0 radical (unpaired) electrons. The minimum absolute atomic E-state index is 0. The average Bonchev–Trinajstić information content (AvgIpc) is 1.88. The van der Waals surface area contributed by atoms with E-state index in [0.717, 1.165) is 13.8 Å². The Hall–Kier alpha value is -0.426. The van der Waals surface area contributed by atoms with Crippen molar-refractivity contribution in [3.8, 4) is 0 Å². The van der Waals surface area contributed by atoms with Gasteiger partial charge in [-0.05, 0) is 13.8 Å². The van der Waals surface area contributed by atoms with Crippen LogP contribution in [0.3, 0.4) is 0 Å². The van der Waals surface area contributed by atoms with E-state index in [1.807, 2.05) is 0 Å². The number of rotatable bonds is 2. The summed E-state index contributed by atoms with van der Waals surface area (Å²) in [5.74, 6) is -2.87. The molecule has 0 aromatic carbocycles. The molecular weight excluding hydrogens is 216 g/mol. The van der Waals surface area contributed by atoms with Crippen LogP contribution in [0, 0.1) is 0 Å². The molecule has 0 aliphatic rings. The smallest absolute Gasteiger partial charge is 0.547 e. The molecule has 0 aliphatic carbocycles. The van der Waals surface area contributed by atoms with Crippen molar-refractivity contribution in [3.05, 3.63) is 0 Å². The van der Waals surface area contributed by atoms with Crippen molar-refractivity contribution < 1.29 is 51.7 Å². The summed E-state index contributed by atoms with van der Waals surface area (Å²) in [6.45, 7) is 2.27. The SMILES string of the molecule is CC(O)C(=O)[O-].CC(O)C(=O)[O-].[Ti+2]. The van der Waals surface area contributed by atoms with Crippen LogP contribution in [0.15, 0.2) is 0 Å². The van der Waals surface area contributed by atoms with Gasteiger partial charge >= 0.3 is 21.7 Å². The fourth-order valence-electron chi connectivity index (χ4n) is 0. The van der Waals surface area contributed by atoms with E-state index in [-0.39, 0.29) is 21.7 Å². The molecule has 2 atom stereocenters. The Morgan fingerprint density at radius 1 is 1.00 bits per heavy atom. The van der Waals surface area contributed by atoms with Gasteiger partial charge in [-0.15, -0.1) is 0 Å². The fraction of sp³-hybridized carbons (Fsp3) is 0.667. The summed E-state index contributed by atoms with van der Waals surface area (Å²) in [5.41, 5.74) is 0. The molecule has 0 aliphatic heterocycles. The molecule has 74 valence electrons. The van der Waals surface area contributed by atoms with E-state index in [1.54, 1.807) is 0 Å². The molecule has 0 bridgehead atoms. The van der Waals surface area contributed by atoms with Crippen LogP contribution in [-0.4, -0.2) is 34.4 Å². The zero-order valence-electron chi connectivity index (χ0n) is 7.18. The molecule has 0 saturated heterocycles. The predicted octanol–water partition coefficient (Wildman–Crippen LogP) is -3.77. The van der Waals surface area contributed by atoms with Crippen LogP contribution in [0.2, 0.25) is 0 Å². The average molecular weight is 226 g/mol. The van der Waals surface area contributed by atoms with Gasteiger partial charge in [0.2, 0.25) is 0 Å². The van der Waals surface area contributed by atoms with Crippen molar-refractivity contribution in [1.82, 2.24) is 0 Å². The number of carboxylic acid groups (broad SMARTS) is 2. The van der Waals surface area contributed by atoms with Gasteiger partial charge in [0.1, 0.15) is 0 Å². The zero-order valence-corrected chi connectivity index (χ0v) is 8.74. The van der Waals surface area contributed by atoms with Crippen molar-refractivity contribution in [1.29, 1.82) is 0 Å². The molecule has 0 aromatic rings. The van der Waals surface area contributed by atoms with Gasteiger partial charge < -0.3 is 30.0 Å². The van der Waals surface area contributed by atoms with Gasteiger partial charge in [-0.25, -0.2) is 0 Å². The van der Waals surface area contributed by atoms with E-state index in [0.29, 0.717) is 0 Å². The Bertz CT molecular complexity index is 137. The van der Waals surface area contributed by atoms with Crippen LogP contribution in [0.5, 0.6) is 0 Å². The minimum Gasteiger partial charge on any atom is -0.547 e. The maximum Gasteiger partial charge on any atom is 2.00 e. The number of carbonyl (C=O) groups excluding carboxylic acids is 2. The topological polar surface area (TPSA) is 121 Å². The Morgan fingerprint density at radius 3 is 1.08 bits per heavy atom. The number of aliphatic hydroxyl groups excluding tert-OH is 2. The predicted molar refractivity (Wildman–Crippen MR) is 33.4 cm³/mol. The molecule has 2 unspecified atom stereocenters. The Morgan fingerprint density at radius 2 is 1.08 bits per heavy atom. The first-order valence-corrected chi connectivity index (χ1v) is 3.06. The Kier molecular flexibility index (Phi) is 13.7. The number of carbonyl (C=O) groups is 2. The third-order valence-electron chi connectivity index (χ3n) is 0.682. The first-order valence-electron chi connectivity index (χ1n) is 3.06. The summed E-state index contributed by atoms with van der Waals surface area (Å²) in [4.78, 5) is 18.7. The van der Waals surface area contributed by atoms with Gasteiger partial charge in [0.05, 0.1) is 24.1 Å². The summed E-state index contributed by atoms with van der Waals surface area (Å²) in [6, 6.07) is 0. The standard InChI is InChI=1S/2C3H6O3.Ti/c2*1-2(4)3(5)6;/h2*2,4H,1H3,(H,5,6);/q;;+2/p-2. The van der Waals surface area contributed by atoms with Crippen LogP contribution >= 0.6 is 0 Å². The summed E-state index contributed by atoms with van der Waals surface area (Å²) in [5, 5.41) is 34.6. The molecule has 0 aromatic heterocycles. The quantitative estimate of drug-likeness (QED) is 0.466. The second kappa shape index (κ2) is 9.66. The molecule has 2 N–H and O–H groups in total. The monoisotopic (exact) mass is 226 g/mol. The van der Waals surface area contributed by atoms with Gasteiger partial charge in [-0.1, -0.05) is 0 Å². The van der Waals surface area contributed by atoms with Crippen LogP contribution < -0.4 is 10.2 Å². The van der Waals surface area contributed by atoms with Crippen LogP contribution in [-0.2, 0) is 31.3 Å². The van der Waals surface area contributed by atoms with Crippen LogP contribution in [0.1, 0.15) is 13.8 Å². The van der Waals surface area contributed by atoms with Crippen LogP contribution in [0.4, 0.5) is 0 Å². The van der Waals surface area contributed by atoms with Crippen molar-refractivity contribution in [2.75, 3.05) is 0 Å². The molecule has 0 heterocycles. The number of hydrogen-bond acceptors (Lipinski definition) is 6. The van der Waals surface area contributed by atoms with E-state index in [4.69, 9.17) is 10.2 Å². The fourth-order valence-corrected chi connectivity index (χ4v) is 0. The van der Waals surface area contributed by atoms with E-state index < -0.39 is 24.1 Å². The van der Waals surface area contributed by atoms with Gasteiger partial charge in [0, 0.05) is 0 Å². The number of hydrogen-bond donors (Lipinski definition) is 2. The molecule has 13 heavy (non-hydrogen) atoms. The normalized spacial score (nSPS) is 12.6. The molecule has 7 heteroatoms. The molecular formula is C6H10O6Ti. The Balaban J connectivity index is -0.000000143. The minimum atomic E-state index is -1.44. The maximum atomic E-state index is 9.34. The number of aliphatic hydroxyl groups is 2. The zero-order chi connectivity index (χ0) is 10.3. The van der Waals surface area contributed by atoms with E-state index >= 15 is 0 Å². The summed E-state index contributed by atoms with van der Waals surface area (Å²) in [7, 11) is 0. The molecule has 6 nitrogen and oxygen atoms in total. The van der Waals surface area contributed by atoms with E-state index in [1.165, 1.54) is 0 Å². The summed E-state index contributed by atoms with van der Waals surface area (Å²) >= 11 is 0. The largest absolute Gasteiger partial charge is 2.00 e. The first kappa shape index (κ1) is 18.4. The molecule has 0 rings (SSSR count). The molecule has 0 amide bonds. The second-order valence-electron chi connectivity index (χ2n) is 1.99. The van der Waals surface area contributed by atoms with Gasteiger partial charge in [-0.3, -0.25) is 0 Å². The third-order valence-corrected chi connectivity index (χ3v) is 0.682. The maximum absolute atomic E-state index is 9.34. The van der Waals surface area contributed by atoms with E-state index in [9.17, 15) is 19.8 Å². The van der Waals surface area contributed by atoms with Crippen LogP contribution in [0.25, 0.3) is 0 Å². The molecule has 0 fully saturated rings. The van der Waals surface area contributed by atoms with Crippen molar-refractivity contribution in [3.63, 3.8) is 0 Å². The first-order chi connectivity index (χ1) is 5.29. The molecule has 0 spiro atoms. The van der Waals surface area contributed by atoms with Crippen molar-refractivity contribution >= 4 is 11.9 Å². The van der Waals surface area contributed by atoms with Gasteiger partial charge in [0.15, 0.2) is 0 Å². The second-order valence-corrected chi connectivity index (χ2v) is 1.99. The Labute approximate surface area is 90.1 Å². The van der Waals surface area contributed by atoms with E-state index in [2.05, 4.69) is 0 Å².